The van der Waals surface area contributed by atoms with Crippen LogP contribution in [0.25, 0.3) is 11.5 Å². The van der Waals surface area contributed by atoms with Crippen molar-refractivity contribution in [1.82, 2.24) is 20.2 Å². The first-order valence-electron chi connectivity index (χ1n) is 7.18. The number of anilines is 1. The summed E-state index contributed by atoms with van der Waals surface area (Å²) in [5.74, 6) is -1.91. The molecule has 2 heterocycles. The Balaban J connectivity index is 1.78. The maximum Gasteiger partial charge on any atom is 0.314 e. The van der Waals surface area contributed by atoms with Crippen molar-refractivity contribution >= 4 is 5.95 Å². The zero-order chi connectivity index (χ0) is 18.7. The van der Waals surface area contributed by atoms with E-state index in [4.69, 9.17) is 4.42 Å². The van der Waals surface area contributed by atoms with E-state index in [0.717, 1.165) is 24.5 Å². The standard InChI is InChI=1S/C15H10F5N5O/c16-9-3-1-2-7(4-9)10(11(17)18)23-15-21-5-8(6-22-15)13-24-25-14(26-13)12(19)20/h1-6,10-12H,(H,21,22,23). The highest BCUT2D eigenvalue weighted by molar-refractivity contribution is 5.50. The predicted molar refractivity (Wildman–Crippen MR) is 79.0 cm³/mol. The minimum atomic E-state index is -2.92. The maximum atomic E-state index is 13.3. The van der Waals surface area contributed by atoms with Crippen molar-refractivity contribution in [3.8, 4) is 11.5 Å². The molecule has 136 valence electrons. The van der Waals surface area contributed by atoms with Crippen molar-refractivity contribution in [2.75, 3.05) is 5.32 Å². The van der Waals surface area contributed by atoms with Gasteiger partial charge in [0.15, 0.2) is 0 Å². The first kappa shape index (κ1) is 17.7. The molecular weight excluding hydrogens is 361 g/mol. The van der Waals surface area contributed by atoms with Crippen LogP contribution in [-0.4, -0.2) is 26.6 Å². The number of alkyl halides is 4. The quantitative estimate of drug-likeness (QED) is 0.660. The second-order valence-electron chi connectivity index (χ2n) is 5.05. The zero-order valence-corrected chi connectivity index (χ0v) is 12.8. The van der Waals surface area contributed by atoms with E-state index < -0.39 is 30.6 Å². The Kier molecular flexibility index (Phi) is 5.05. The van der Waals surface area contributed by atoms with E-state index in [0.29, 0.717) is 0 Å². The summed E-state index contributed by atoms with van der Waals surface area (Å²) in [6.07, 6.45) is -3.49. The Labute approximate surface area is 143 Å². The number of aromatic nitrogens is 4. The molecule has 3 rings (SSSR count). The van der Waals surface area contributed by atoms with Crippen LogP contribution in [0.3, 0.4) is 0 Å². The van der Waals surface area contributed by atoms with Crippen LogP contribution >= 0.6 is 0 Å². The minimum absolute atomic E-state index is 0.0196. The van der Waals surface area contributed by atoms with Crippen molar-refractivity contribution in [3.05, 3.63) is 53.9 Å². The van der Waals surface area contributed by atoms with Crippen molar-refractivity contribution in [2.45, 2.75) is 18.9 Å². The Morgan fingerprint density at radius 1 is 1.00 bits per heavy atom. The number of nitrogens with zero attached hydrogens (tertiary/aromatic N) is 4. The average Bonchev–Trinajstić information content (AvgIpc) is 3.10. The normalized spacial score (nSPS) is 12.6. The van der Waals surface area contributed by atoms with Crippen molar-refractivity contribution in [1.29, 1.82) is 0 Å². The summed E-state index contributed by atoms with van der Waals surface area (Å²) in [5.41, 5.74) is 0.153. The van der Waals surface area contributed by atoms with Gasteiger partial charge in [0.1, 0.15) is 11.9 Å². The Morgan fingerprint density at radius 3 is 2.31 bits per heavy atom. The molecule has 0 spiro atoms. The van der Waals surface area contributed by atoms with E-state index in [1.165, 1.54) is 12.1 Å². The highest BCUT2D eigenvalue weighted by Gasteiger charge is 2.24. The van der Waals surface area contributed by atoms with E-state index in [1.807, 2.05) is 0 Å². The molecule has 0 aliphatic heterocycles. The second-order valence-corrected chi connectivity index (χ2v) is 5.05. The van der Waals surface area contributed by atoms with E-state index >= 15 is 0 Å². The second kappa shape index (κ2) is 7.42. The number of hydrogen-bond acceptors (Lipinski definition) is 6. The molecule has 0 bridgehead atoms. The number of rotatable bonds is 6. The van der Waals surface area contributed by atoms with E-state index in [2.05, 4.69) is 25.5 Å². The molecule has 1 atom stereocenters. The molecule has 1 N–H and O–H groups in total. The topological polar surface area (TPSA) is 76.7 Å². The minimum Gasteiger partial charge on any atom is -0.415 e. The fourth-order valence-corrected chi connectivity index (χ4v) is 2.08. The average molecular weight is 371 g/mol. The fraction of sp³-hybridized carbons (Fsp3) is 0.200. The third kappa shape index (κ3) is 3.92. The van der Waals surface area contributed by atoms with E-state index in [9.17, 15) is 22.0 Å². The van der Waals surface area contributed by atoms with Crippen LogP contribution < -0.4 is 5.32 Å². The van der Waals surface area contributed by atoms with Crippen molar-refractivity contribution in [2.24, 2.45) is 0 Å². The number of halogens is 5. The van der Waals surface area contributed by atoms with Crippen LogP contribution in [0.4, 0.5) is 27.9 Å². The van der Waals surface area contributed by atoms with Gasteiger partial charge in [0, 0.05) is 12.4 Å². The molecule has 6 nitrogen and oxygen atoms in total. The Hall–Kier alpha value is -3.11. The number of benzene rings is 1. The van der Waals surface area contributed by atoms with Gasteiger partial charge in [-0.1, -0.05) is 12.1 Å². The molecular formula is C15H10F5N5O. The summed E-state index contributed by atoms with van der Waals surface area (Å²) < 4.78 is 69.4. The molecule has 2 aromatic heterocycles. The Morgan fingerprint density at radius 2 is 1.73 bits per heavy atom. The summed E-state index contributed by atoms with van der Waals surface area (Å²) >= 11 is 0. The van der Waals surface area contributed by atoms with Crippen LogP contribution in [0, 0.1) is 5.82 Å². The van der Waals surface area contributed by atoms with Crippen molar-refractivity contribution < 1.29 is 26.4 Å². The SMILES string of the molecule is Fc1cccc(C(Nc2ncc(-c3nnc(C(F)F)o3)cn2)C(F)F)c1. The molecule has 26 heavy (non-hydrogen) atoms. The van der Waals surface area contributed by atoms with Gasteiger partial charge >= 0.3 is 6.43 Å². The highest BCUT2D eigenvalue weighted by atomic mass is 19.3. The van der Waals surface area contributed by atoms with Gasteiger partial charge in [0.05, 0.1) is 5.56 Å². The molecule has 0 aliphatic rings. The molecule has 0 aliphatic carbocycles. The highest BCUT2D eigenvalue weighted by Crippen LogP contribution is 2.26. The fourth-order valence-electron chi connectivity index (χ4n) is 2.08. The van der Waals surface area contributed by atoms with E-state index in [1.54, 1.807) is 0 Å². The van der Waals surface area contributed by atoms with E-state index in [-0.39, 0.29) is 23.0 Å². The van der Waals surface area contributed by atoms with Gasteiger partial charge in [-0.3, -0.25) is 0 Å². The largest absolute Gasteiger partial charge is 0.415 e. The summed E-state index contributed by atoms with van der Waals surface area (Å²) in [6.45, 7) is 0. The first-order valence-corrected chi connectivity index (χ1v) is 7.18. The summed E-state index contributed by atoms with van der Waals surface area (Å²) in [7, 11) is 0. The zero-order valence-electron chi connectivity index (χ0n) is 12.8. The Bertz CT molecular complexity index is 871. The summed E-state index contributed by atoms with van der Waals surface area (Å²) in [5, 5.41) is 8.99. The lowest BCUT2D eigenvalue weighted by Gasteiger charge is -2.18. The van der Waals surface area contributed by atoms with Gasteiger partial charge in [-0.05, 0) is 17.7 Å². The number of nitrogens with one attached hydrogen (secondary N) is 1. The lowest BCUT2D eigenvalue weighted by atomic mass is 10.1. The van der Waals surface area contributed by atoms with Crippen molar-refractivity contribution in [3.63, 3.8) is 0 Å². The van der Waals surface area contributed by atoms with Gasteiger partial charge in [-0.2, -0.15) is 8.78 Å². The molecule has 3 aromatic rings. The van der Waals surface area contributed by atoms with Gasteiger partial charge in [-0.15, -0.1) is 10.2 Å². The molecule has 0 radical (unpaired) electrons. The molecule has 1 aromatic carbocycles. The predicted octanol–water partition coefficient (Wildman–Crippen LogP) is 4.02. The maximum absolute atomic E-state index is 13.3. The van der Waals surface area contributed by atoms with Crippen LogP contribution in [0.15, 0.2) is 41.1 Å². The van der Waals surface area contributed by atoms with Gasteiger partial charge in [-0.25, -0.2) is 23.1 Å². The molecule has 0 fully saturated rings. The van der Waals surface area contributed by atoms with Crippen LogP contribution in [0.2, 0.25) is 0 Å². The lowest BCUT2D eigenvalue weighted by molar-refractivity contribution is 0.116. The van der Waals surface area contributed by atoms with Gasteiger partial charge in [0.2, 0.25) is 5.95 Å². The molecule has 0 saturated heterocycles. The van der Waals surface area contributed by atoms with Gasteiger partial charge in [0.25, 0.3) is 18.2 Å². The first-order chi connectivity index (χ1) is 12.4. The summed E-state index contributed by atoms with van der Waals surface area (Å²) in [6, 6.07) is 3.22. The molecule has 1 unspecified atom stereocenters. The smallest absolute Gasteiger partial charge is 0.314 e. The molecule has 0 saturated carbocycles. The molecule has 0 amide bonds. The molecule has 11 heteroatoms. The number of hydrogen-bond donors (Lipinski definition) is 1. The van der Waals surface area contributed by atoms with Gasteiger partial charge < -0.3 is 9.73 Å². The summed E-state index contributed by atoms with van der Waals surface area (Å²) in [4.78, 5) is 7.63. The van der Waals surface area contributed by atoms with Crippen LogP contribution in [-0.2, 0) is 0 Å². The third-order valence-corrected chi connectivity index (χ3v) is 3.27. The van der Waals surface area contributed by atoms with Crippen LogP contribution in [0.5, 0.6) is 0 Å². The lowest BCUT2D eigenvalue weighted by Crippen LogP contribution is -2.20. The van der Waals surface area contributed by atoms with Crippen LogP contribution in [0.1, 0.15) is 23.9 Å². The monoisotopic (exact) mass is 371 g/mol. The third-order valence-electron chi connectivity index (χ3n) is 3.27.